The smallest absolute Gasteiger partial charge is 0.166 e. The molecule has 0 amide bonds. The molecule has 0 saturated carbocycles. The average molecular weight is 439 g/mol. The first-order chi connectivity index (χ1) is 15.0. The number of phenolic OH excluding ortho intramolecular Hbond substituents is 2. The van der Waals surface area contributed by atoms with Gasteiger partial charge in [0.25, 0.3) is 0 Å². The van der Waals surface area contributed by atoms with Gasteiger partial charge >= 0.3 is 0 Å². The van der Waals surface area contributed by atoms with E-state index in [1.807, 2.05) is 59.8 Å². The Bertz CT molecular complexity index is 946. The van der Waals surface area contributed by atoms with Crippen LogP contribution in [-0.4, -0.2) is 21.1 Å². The zero-order valence-electron chi connectivity index (χ0n) is 20.3. The van der Waals surface area contributed by atoms with Crippen molar-refractivity contribution in [3.63, 3.8) is 0 Å². The van der Waals surface area contributed by atoms with E-state index in [2.05, 4.69) is 6.08 Å². The maximum absolute atomic E-state index is 11.8. The molecule has 2 aromatic carbocycles. The molecule has 0 aromatic heterocycles. The number of aryl methyl sites for hydroxylation is 2. The van der Waals surface area contributed by atoms with Crippen molar-refractivity contribution in [1.29, 1.82) is 0 Å². The number of phenols is 2. The predicted molar refractivity (Wildman–Crippen MR) is 132 cm³/mol. The van der Waals surface area contributed by atoms with Crippen molar-refractivity contribution in [1.82, 2.24) is 0 Å². The lowest BCUT2D eigenvalue weighted by Crippen LogP contribution is -1.99. The van der Waals surface area contributed by atoms with Crippen LogP contribution in [0.15, 0.2) is 59.7 Å². The topological polar surface area (TPSA) is 77.8 Å². The summed E-state index contributed by atoms with van der Waals surface area (Å²) in [6.45, 7) is 11.9. The Morgan fingerprint density at radius 2 is 1.38 bits per heavy atom. The minimum Gasteiger partial charge on any atom is -0.508 e. The summed E-state index contributed by atoms with van der Waals surface area (Å²) in [4.78, 5) is 11.8. The van der Waals surface area contributed by atoms with E-state index in [1.165, 1.54) is 11.1 Å². The number of aliphatic hydroxyl groups is 1. The van der Waals surface area contributed by atoms with Gasteiger partial charge in [0.2, 0.25) is 0 Å². The molecule has 0 heterocycles. The summed E-state index contributed by atoms with van der Waals surface area (Å²) in [6, 6.07) is 10.5. The van der Waals surface area contributed by atoms with Crippen molar-refractivity contribution in [2.24, 2.45) is 0 Å². The number of hydrogen-bond acceptors (Lipinski definition) is 4. The molecular weight excluding hydrogens is 400 g/mol. The van der Waals surface area contributed by atoms with Gasteiger partial charge in [-0.3, -0.25) is 4.79 Å². The minimum atomic E-state index is -0.587. The van der Waals surface area contributed by atoms with Gasteiger partial charge in [-0.05, 0) is 90.1 Å². The van der Waals surface area contributed by atoms with E-state index in [4.69, 9.17) is 0 Å². The number of Topliss-reactive ketones (excluding diaryl/α,β-unsaturated/α-hetero) is 1. The molecule has 0 aliphatic rings. The summed E-state index contributed by atoms with van der Waals surface area (Å²) < 4.78 is 0. The zero-order valence-corrected chi connectivity index (χ0v) is 20.3. The van der Waals surface area contributed by atoms with E-state index in [1.54, 1.807) is 24.3 Å². The van der Waals surface area contributed by atoms with Gasteiger partial charge < -0.3 is 15.3 Å². The first kappa shape index (κ1) is 27.2. The van der Waals surface area contributed by atoms with E-state index >= 15 is 0 Å². The van der Waals surface area contributed by atoms with Crippen molar-refractivity contribution in [3.05, 3.63) is 82.0 Å². The first-order valence-corrected chi connectivity index (χ1v) is 11.1. The highest BCUT2D eigenvalue weighted by atomic mass is 16.3. The highest BCUT2D eigenvalue weighted by molar-refractivity contribution is 5.98. The molecule has 4 heteroatoms. The van der Waals surface area contributed by atoms with Crippen molar-refractivity contribution in [2.75, 3.05) is 0 Å². The molecule has 32 heavy (non-hydrogen) atoms. The van der Waals surface area contributed by atoms with Crippen molar-refractivity contribution < 1.29 is 20.1 Å². The Labute approximate surface area is 192 Å². The van der Waals surface area contributed by atoms with Crippen LogP contribution >= 0.6 is 0 Å². The molecule has 0 bridgehead atoms. The van der Waals surface area contributed by atoms with Crippen molar-refractivity contribution >= 4 is 5.78 Å². The fourth-order valence-corrected chi connectivity index (χ4v) is 3.12. The van der Waals surface area contributed by atoms with E-state index in [9.17, 15) is 20.1 Å². The average Bonchev–Trinajstić information content (AvgIpc) is 2.67. The molecule has 174 valence electrons. The van der Waals surface area contributed by atoms with Crippen LogP contribution in [0.4, 0.5) is 0 Å². The van der Waals surface area contributed by atoms with Crippen LogP contribution in [0.1, 0.15) is 86.5 Å². The number of carbonyl (C=O) groups is 1. The number of aliphatic hydroxyl groups excluding tert-OH is 1. The Kier molecular flexibility index (Phi) is 11.5. The third-order valence-corrected chi connectivity index (χ3v) is 4.92. The van der Waals surface area contributed by atoms with Gasteiger partial charge in [-0.2, -0.15) is 0 Å². The maximum atomic E-state index is 11.8. The van der Waals surface area contributed by atoms with Crippen LogP contribution in [0.2, 0.25) is 0 Å². The van der Waals surface area contributed by atoms with Gasteiger partial charge in [0.1, 0.15) is 11.5 Å². The molecule has 3 N–H and O–H groups in total. The normalized spacial score (nSPS) is 11.1. The summed E-state index contributed by atoms with van der Waals surface area (Å²) in [5, 5.41) is 29.2. The second-order valence-corrected chi connectivity index (χ2v) is 8.70. The lowest BCUT2D eigenvalue weighted by Gasteiger charge is -2.12. The fourth-order valence-electron chi connectivity index (χ4n) is 3.12. The van der Waals surface area contributed by atoms with Crippen LogP contribution in [0, 0.1) is 13.8 Å². The molecule has 0 fully saturated rings. The monoisotopic (exact) mass is 438 g/mol. The molecule has 1 atom stereocenters. The number of allylic oxidation sites excluding steroid dienone is 4. The Balaban J connectivity index is 0.000000320. The number of rotatable bonds is 8. The van der Waals surface area contributed by atoms with Crippen LogP contribution in [0.5, 0.6) is 11.5 Å². The summed E-state index contributed by atoms with van der Waals surface area (Å²) in [5.41, 5.74) is 5.46. The number of aromatic hydroxyl groups is 2. The molecule has 0 radical (unpaired) electrons. The van der Waals surface area contributed by atoms with Gasteiger partial charge in [0.15, 0.2) is 5.78 Å². The van der Waals surface area contributed by atoms with Gasteiger partial charge in [0, 0.05) is 12.0 Å². The second kappa shape index (κ2) is 13.5. The Morgan fingerprint density at radius 1 is 0.844 bits per heavy atom. The molecule has 0 spiro atoms. The van der Waals surface area contributed by atoms with Crippen LogP contribution in [0.3, 0.4) is 0 Å². The first-order valence-electron chi connectivity index (χ1n) is 11.1. The summed E-state index contributed by atoms with van der Waals surface area (Å²) in [7, 11) is 0. The number of hydrogen-bond donors (Lipinski definition) is 3. The summed E-state index contributed by atoms with van der Waals surface area (Å²) in [6.07, 6.45) is 6.18. The summed E-state index contributed by atoms with van der Waals surface area (Å²) >= 11 is 0. The highest BCUT2D eigenvalue weighted by Crippen LogP contribution is 2.28. The molecule has 0 aliphatic heterocycles. The minimum absolute atomic E-state index is 0.00463. The SMILES string of the molecule is CC(C)=CCCC(=O)c1ccc(C)cc1O.CC(C)=CCCC(O)c1ccc(C)cc1O. The van der Waals surface area contributed by atoms with E-state index in [0.717, 1.165) is 24.0 Å². The Morgan fingerprint density at radius 3 is 1.91 bits per heavy atom. The van der Waals surface area contributed by atoms with Crippen molar-refractivity contribution in [2.45, 2.75) is 73.3 Å². The van der Waals surface area contributed by atoms with E-state index in [0.29, 0.717) is 24.0 Å². The zero-order chi connectivity index (χ0) is 24.3. The predicted octanol–water partition coefficient (Wildman–Crippen LogP) is 7.11. The van der Waals surface area contributed by atoms with Crippen LogP contribution < -0.4 is 0 Å². The van der Waals surface area contributed by atoms with E-state index in [-0.39, 0.29) is 17.3 Å². The summed E-state index contributed by atoms with van der Waals surface area (Å²) in [5.74, 6) is 0.266. The maximum Gasteiger partial charge on any atom is 0.166 e. The molecule has 2 aromatic rings. The quantitative estimate of drug-likeness (QED) is 0.303. The highest BCUT2D eigenvalue weighted by Gasteiger charge is 2.11. The number of benzene rings is 2. The molecule has 4 nitrogen and oxygen atoms in total. The molecular formula is C28H38O4. The third-order valence-electron chi connectivity index (χ3n) is 4.92. The van der Waals surface area contributed by atoms with Gasteiger partial charge in [-0.15, -0.1) is 0 Å². The van der Waals surface area contributed by atoms with Crippen molar-refractivity contribution in [3.8, 4) is 11.5 Å². The van der Waals surface area contributed by atoms with Crippen LogP contribution in [-0.2, 0) is 0 Å². The standard InChI is InChI=1S/C14H20O2.C14H18O2/c2*1-10(2)5-4-6-13(15)12-8-7-11(3)9-14(12)16/h5,7-9,13,15-16H,4,6H2,1-3H3;5,7-9,16H,4,6H2,1-3H3. The fraction of sp³-hybridized carbons (Fsp3) is 0.393. The molecule has 1 unspecified atom stereocenters. The van der Waals surface area contributed by atoms with Gasteiger partial charge in [0.05, 0.1) is 11.7 Å². The molecule has 2 rings (SSSR count). The largest absolute Gasteiger partial charge is 0.508 e. The second-order valence-electron chi connectivity index (χ2n) is 8.70. The van der Waals surface area contributed by atoms with Crippen LogP contribution in [0.25, 0.3) is 0 Å². The van der Waals surface area contributed by atoms with Gasteiger partial charge in [-0.1, -0.05) is 41.5 Å². The Hall–Kier alpha value is -2.85. The lowest BCUT2D eigenvalue weighted by molar-refractivity contribution is 0.0981. The molecule has 0 saturated heterocycles. The van der Waals surface area contributed by atoms with E-state index < -0.39 is 6.10 Å². The molecule has 0 aliphatic carbocycles. The lowest BCUT2D eigenvalue weighted by atomic mass is 10.0. The number of ketones is 1. The van der Waals surface area contributed by atoms with Gasteiger partial charge in [-0.25, -0.2) is 0 Å². The third kappa shape index (κ3) is 9.97. The number of carbonyl (C=O) groups excluding carboxylic acids is 1.